The van der Waals surface area contributed by atoms with Gasteiger partial charge in [-0.25, -0.2) is 5.48 Å². The average molecular weight is 324 g/mol. The van der Waals surface area contributed by atoms with Crippen molar-refractivity contribution in [1.82, 2.24) is 20.7 Å². The summed E-state index contributed by atoms with van der Waals surface area (Å²) < 4.78 is 0. The molecule has 2 aliphatic rings. The van der Waals surface area contributed by atoms with Crippen LogP contribution in [0, 0.1) is 5.92 Å². The van der Waals surface area contributed by atoms with E-state index in [-0.39, 0.29) is 4.28 Å². The fourth-order valence-electron chi connectivity index (χ4n) is 3.74. The number of hydroxylamine groups is 1. The van der Waals surface area contributed by atoms with E-state index in [1.165, 1.54) is 25.7 Å². The SMILES string of the molecule is CNCCCC1CC(N2CCc3cc(C(=O)NO)cnc3C2)C1.[HH].[HH].[HH]. The maximum Gasteiger partial charge on any atom is 0.276 e. The van der Waals surface area contributed by atoms with Crippen LogP contribution >= 0.6 is 0 Å². The molecule has 3 N–H and O–H groups in total. The van der Waals surface area contributed by atoms with Crippen molar-refractivity contribution in [3.8, 4) is 0 Å². The molecular formula is C17H32N4O2. The first-order valence-corrected chi connectivity index (χ1v) is 8.52. The summed E-state index contributed by atoms with van der Waals surface area (Å²) in [5.74, 6) is 0.393. The number of aromatic nitrogens is 1. The van der Waals surface area contributed by atoms with Gasteiger partial charge in [-0.2, -0.15) is 0 Å². The van der Waals surface area contributed by atoms with Crippen LogP contribution in [-0.4, -0.2) is 47.2 Å². The van der Waals surface area contributed by atoms with Crippen molar-refractivity contribution in [2.45, 2.75) is 44.7 Å². The average Bonchev–Trinajstić information content (AvgIpc) is 2.55. The molecule has 0 spiro atoms. The highest BCUT2D eigenvalue weighted by Gasteiger charge is 2.34. The standard InChI is InChI=1S/C17H26N4O2.3H2/c1-18-5-2-3-12-7-15(8-12)21-6-4-13-9-14(17(22)20-23)10-19-16(13)11-21;;;/h9-10,12,15,18,23H,2-8,11H2,1H3,(H,20,22);3*1H. The highest BCUT2D eigenvalue weighted by Crippen LogP contribution is 2.36. The van der Waals surface area contributed by atoms with Crippen LogP contribution in [0.4, 0.5) is 0 Å². The van der Waals surface area contributed by atoms with Gasteiger partial charge < -0.3 is 5.32 Å². The smallest absolute Gasteiger partial charge is 0.276 e. The summed E-state index contributed by atoms with van der Waals surface area (Å²) in [7, 11) is 2.01. The molecule has 0 radical (unpaired) electrons. The maximum absolute atomic E-state index is 11.5. The van der Waals surface area contributed by atoms with Gasteiger partial charge >= 0.3 is 0 Å². The number of carbonyl (C=O) groups is 1. The first-order valence-electron chi connectivity index (χ1n) is 8.52. The quantitative estimate of drug-likeness (QED) is 0.424. The number of fused-ring (bicyclic) bond motifs is 1. The van der Waals surface area contributed by atoms with Crippen LogP contribution in [-0.2, 0) is 13.0 Å². The Bertz CT molecular complexity index is 571. The molecule has 0 bridgehead atoms. The van der Waals surface area contributed by atoms with Gasteiger partial charge in [-0.3, -0.25) is 19.9 Å². The summed E-state index contributed by atoms with van der Waals surface area (Å²) >= 11 is 0. The first-order chi connectivity index (χ1) is 11.2. The summed E-state index contributed by atoms with van der Waals surface area (Å²) in [5.41, 5.74) is 4.29. The summed E-state index contributed by atoms with van der Waals surface area (Å²) in [6.45, 7) is 3.03. The lowest BCUT2D eigenvalue weighted by atomic mass is 9.76. The number of nitrogens with one attached hydrogen (secondary N) is 2. The van der Waals surface area contributed by atoms with Crippen LogP contribution in [0.2, 0.25) is 0 Å². The minimum atomic E-state index is -0.494. The lowest BCUT2D eigenvalue weighted by Crippen LogP contribution is -2.47. The van der Waals surface area contributed by atoms with Crippen molar-refractivity contribution in [3.63, 3.8) is 0 Å². The van der Waals surface area contributed by atoms with Crippen LogP contribution in [0.25, 0.3) is 0 Å². The van der Waals surface area contributed by atoms with E-state index < -0.39 is 5.91 Å². The zero-order chi connectivity index (χ0) is 16.2. The van der Waals surface area contributed by atoms with Gasteiger partial charge in [-0.1, -0.05) is 0 Å². The Morgan fingerprint density at radius 3 is 3.09 bits per heavy atom. The van der Waals surface area contributed by atoms with E-state index in [0.717, 1.165) is 43.2 Å². The molecular weight excluding hydrogens is 292 g/mol. The van der Waals surface area contributed by atoms with Gasteiger partial charge in [0.25, 0.3) is 5.91 Å². The van der Waals surface area contributed by atoms with E-state index in [0.29, 0.717) is 11.6 Å². The predicted octanol–water partition coefficient (Wildman–Crippen LogP) is 2.07. The number of hydrogen-bond acceptors (Lipinski definition) is 5. The van der Waals surface area contributed by atoms with E-state index in [4.69, 9.17) is 5.21 Å². The molecule has 0 unspecified atom stereocenters. The van der Waals surface area contributed by atoms with E-state index in [2.05, 4.69) is 15.2 Å². The lowest BCUT2D eigenvalue weighted by Gasteiger charge is -2.44. The minimum Gasteiger partial charge on any atom is -0.320 e. The molecule has 1 aliphatic carbocycles. The Morgan fingerprint density at radius 1 is 1.52 bits per heavy atom. The van der Waals surface area contributed by atoms with Crippen molar-refractivity contribution >= 4 is 5.91 Å². The van der Waals surface area contributed by atoms with Crippen molar-refractivity contribution < 1.29 is 14.3 Å². The second-order valence-electron chi connectivity index (χ2n) is 6.73. The summed E-state index contributed by atoms with van der Waals surface area (Å²) in [4.78, 5) is 18.4. The highest BCUT2D eigenvalue weighted by atomic mass is 16.5. The number of rotatable bonds is 6. The molecule has 1 aromatic rings. The number of amides is 1. The Hall–Kier alpha value is -1.50. The van der Waals surface area contributed by atoms with Crippen molar-refractivity contribution in [3.05, 3.63) is 29.1 Å². The maximum atomic E-state index is 11.5. The summed E-state index contributed by atoms with van der Waals surface area (Å²) in [6, 6.07) is 2.55. The number of nitrogens with zero attached hydrogens (tertiary/aromatic N) is 2. The van der Waals surface area contributed by atoms with Crippen LogP contribution in [0.3, 0.4) is 0 Å². The highest BCUT2D eigenvalue weighted by molar-refractivity contribution is 5.93. The monoisotopic (exact) mass is 324 g/mol. The summed E-state index contributed by atoms with van der Waals surface area (Å²) in [5, 5.41) is 11.9. The molecule has 3 rings (SSSR count). The van der Waals surface area contributed by atoms with Gasteiger partial charge in [0.2, 0.25) is 0 Å². The van der Waals surface area contributed by atoms with Gasteiger partial charge in [0, 0.05) is 29.6 Å². The van der Waals surface area contributed by atoms with Gasteiger partial charge in [0.1, 0.15) is 0 Å². The molecule has 1 aliphatic heterocycles. The number of pyridine rings is 1. The van der Waals surface area contributed by atoms with Crippen molar-refractivity contribution in [1.29, 1.82) is 0 Å². The third kappa shape index (κ3) is 3.71. The minimum absolute atomic E-state index is 0. The molecule has 6 nitrogen and oxygen atoms in total. The van der Waals surface area contributed by atoms with Gasteiger partial charge in [0.05, 0.1) is 11.3 Å². The normalized spacial score (nSPS) is 23.9. The lowest BCUT2D eigenvalue weighted by molar-refractivity contribution is 0.0609. The van der Waals surface area contributed by atoms with Crippen LogP contribution < -0.4 is 10.8 Å². The zero-order valence-corrected chi connectivity index (χ0v) is 13.7. The third-order valence-corrected chi connectivity index (χ3v) is 5.21. The first kappa shape index (κ1) is 16.4. The Labute approximate surface area is 141 Å². The largest absolute Gasteiger partial charge is 0.320 e. The summed E-state index contributed by atoms with van der Waals surface area (Å²) in [6.07, 6.45) is 7.70. The van der Waals surface area contributed by atoms with E-state index in [1.54, 1.807) is 11.7 Å². The van der Waals surface area contributed by atoms with Gasteiger partial charge in [0.15, 0.2) is 0 Å². The molecule has 0 saturated heterocycles. The molecule has 6 heteroatoms. The van der Waals surface area contributed by atoms with Gasteiger partial charge in [-0.05, 0) is 63.2 Å². The second-order valence-corrected chi connectivity index (χ2v) is 6.73. The molecule has 0 aromatic carbocycles. The second kappa shape index (κ2) is 7.38. The van der Waals surface area contributed by atoms with Crippen LogP contribution in [0.5, 0.6) is 0 Å². The molecule has 132 valence electrons. The molecule has 2 heterocycles. The van der Waals surface area contributed by atoms with Crippen molar-refractivity contribution in [2.24, 2.45) is 5.92 Å². The van der Waals surface area contributed by atoms with E-state index >= 15 is 0 Å². The third-order valence-electron chi connectivity index (χ3n) is 5.21. The van der Waals surface area contributed by atoms with Crippen molar-refractivity contribution in [2.75, 3.05) is 20.1 Å². The fourth-order valence-corrected chi connectivity index (χ4v) is 3.74. The zero-order valence-electron chi connectivity index (χ0n) is 13.7. The predicted molar refractivity (Wildman–Crippen MR) is 93.6 cm³/mol. The van der Waals surface area contributed by atoms with E-state index in [1.807, 2.05) is 13.1 Å². The molecule has 1 saturated carbocycles. The molecule has 23 heavy (non-hydrogen) atoms. The topological polar surface area (TPSA) is 77.5 Å². The number of carbonyl (C=O) groups excluding carboxylic acids is 1. The molecule has 1 fully saturated rings. The van der Waals surface area contributed by atoms with E-state index in [9.17, 15) is 4.79 Å². The Balaban J connectivity index is 0.00000208. The molecule has 0 atom stereocenters. The van der Waals surface area contributed by atoms with Crippen LogP contribution in [0.15, 0.2) is 12.3 Å². The van der Waals surface area contributed by atoms with Gasteiger partial charge in [-0.15, -0.1) is 0 Å². The van der Waals surface area contributed by atoms with Crippen LogP contribution in [0.1, 0.15) is 51.6 Å². The number of hydrogen-bond donors (Lipinski definition) is 3. The Kier molecular flexibility index (Phi) is 5.25. The molecule has 1 amide bonds. The fraction of sp³-hybridized carbons (Fsp3) is 0.647. The molecule has 1 aromatic heterocycles. The Morgan fingerprint density at radius 2 is 2.35 bits per heavy atom.